The lowest BCUT2D eigenvalue weighted by molar-refractivity contribution is -0.140. The van der Waals surface area contributed by atoms with Gasteiger partial charge in [-0.3, -0.25) is 4.79 Å². The third-order valence-electron chi connectivity index (χ3n) is 4.35. The van der Waals surface area contributed by atoms with E-state index in [-0.39, 0.29) is 16.8 Å². The van der Waals surface area contributed by atoms with Gasteiger partial charge in [-0.2, -0.15) is 0 Å². The van der Waals surface area contributed by atoms with Crippen LogP contribution in [-0.2, 0) is 19.6 Å². The fraction of sp³-hybridized carbons (Fsp3) is 0.421. The molecule has 2 rings (SSSR count). The highest BCUT2D eigenvalue weighted by Gasteiger charge is 2.21. The number of allylic oxidation sites excluding steroid dienone is 3. The van der Waals surface area contributed by atoms with Crippen molar-refractivity contribution in [2.45, 2.75) is 37.0 Å². The lowest BCUT2D eigenvalue weighted by atomic mass is 9.99. The maximum absolute atomic E-state index is 12.9. The third kappa shape index (κ3) is 6.07. The van der Waals surface area contributed by atoms with Crippen LogP contribution < -0.4 is 4.72 Å². The van der Waals surface area contributed by atoms with E-state index >= 15 is 0 Å². The first kappa shape index (κ1) is 20.3. The predicted octanol–water partition coefficient (Wildman–Crippen LogP) is 3.34. The summed E-state index contributed by atoms with van der Waals surface area (Å²) < 4.78 is 44.7. The number of hydrogen-bond acceptors (Lipinski definition) is 4. The first-order valence-corrected chi connectivity index (χ1v) is 10.1. The zero-order valence-electron chi connectivity index (χ0n) is 14.8. The number of carbonyl (C=O) groups is 1. The highest BCUT2D eigenvalue weighted by molar-refractivity contribution is 7.89. The summed E-state index contributed by atoms with van der Waals surface area (Å²) in [5, 5.41) is 0. The van der Waals surface area contributed by atoms with Crippen LogP contribution in [0.2, 0.25) is 0 Å². The molecule has 0 spiro atoms. The number of hydrogen-bond donors (Lipinski definition) is 1. The Kier molecular flexibility index (Phi) is 7.53. The molecular weight excluding hydrogens is 357 g/mol. The van der Waals surface area contributed by atoms with Crippen molar-refractivity contribution in [1.29, 1.82) is 0 Å². The molecule has 7 heteroatoms. The van der Waals surface area contributed by atoms with Crippen LogP contribution in [0.15, 0.2) is 53.0 Å². The lowest BCUT2D eigenvalue weighted by Crippen LogP contribution is -2.29. The zero-order chi connectivity index (χ0) is 19.0. The first-order chi connectivity index (χ1) is 12.4. The molecule has 1 N–H and O–H groups in total. The molecule has 1 aromatic rings. The minimum Gasteiger partial charge on any atom is -0.469 e. The molecule has 142 valence electrons. The van der Waals surface area contributed by atoms with Crippen LogP contribution in [0.5, 0.6) is 0 Å². The number of nitrogens with one attached hydrogen (secondary N) is 1. The van der Waals surface area contributed by atoms with Crippen molar-refractivity contribution in [2.75, 3.05) is 13.7 Å². The highest BCUT2D eigenvalue weighted by Crippen LogP contribution is 2.28. The van der Waals surface area contributed by atoms with Gasteiger partial charge in [-0.15, -0.1) is 0 Å². The Morgan fingerprint density at radius 2 is 2.04 bits per heavy atom. The molecule has 0 heterocycles. The van der Waals surface area contributed by atoms with E-state index in [0.29, 0.717) is 19.4 Å². The monoisotopic (exact) mass is 381 g/mol. The van der Waals surface area contributed by atoms with Crippen molar-refractivity contribution in [3.05, 3.63) is 53.9 Å². The molecule has 1 aliphatic rings. The molecule has 0 aliphatic heterocycles. The predicted molar refractivity (Wildman–Crippen MR) is 97.4 cm³/mol. The second-order valence-corrected chi connectivity index (χ2v) is 7.92. The second kappa shape index (κ2) is 9.64. The quantitative estimate of drug-likeness (QED) is 0.526. The van der Waals surface area contributed by atoms with Gasteiger partial charge in [0, 0.05) is 13.0 Å². The van der Waals surface area contributed by atoms with Gasteiger partial charge in [-0.1, -0.05) is 23.8 Å². The summed E-state index contributed by atoms with van der Waals surface area (Å²) in [7, 11) is -2.27. The molecule has 0 fully saturated rings. The van der Waals surface area contributed by atoms with Gasteiger partial charge in [0.2, 0.25) is 10.0 Å². The molecule has 1 aromatic carbocycles. The number of rotatable bonds is 9. The van der Waals surface area contributed by atoms with E-state index in [1.807, 2.05) is 12.2 Å². The summed E-state index contributed by atoms with van der Waals surface area (Å²) >= 11 is 0. The molecule has 0 bridgehead atoms. The number of ether oxygens (including phenoxy) is 1. The molecule has 5 nitrogen and oxygen atoms in total. The number of methoxy groups -OCH3 is 1. The largest absolute Gasteiger partial charge is 0.469 e. The van der Waals surface area contributed by atoms with Gasteiger partial charge in [0.15, 0.2) is 0 Å². The summed E-state index contributed by atoms with van der Waals surface area (Å²) in [6, 6.07) is 4.78. The summed E-state index contributed by atoms with van der Waals surface area (Å²) in [6.07, 6.45) is 9.63. The van der Waals surface area contributed by atoms with Crippen LogP contribution in [-0.4, -0.2) is 28.0 Å². The molecule has 0 saturated heterocycles. The lowest BCUT2D eigenvalue weighted by Gasteiger charge is -2.15. The SMILES string of the molecule is COC(=O)CC/C=C\CC1=CCC[C@@H]1CNS(=O)(=O)c1ccc(F)cc1. The minimum absolute atomic E-state index is 0.0603. The van der Waals surface area contributed by atoms with E-state index in [4.69, 9.17) is 0 Å². The van der Waals surface area contributed by atoms with Crippen molar-refractivity contribution in [2.24, 2.45) is 5.92 Å². The van der Waals surface area contributed by atoms with Gasteiger partial charge in [0.25, 0.3) is 0 Å². The maximum Gasteiger partial charge on any atom is 0.305 e. The van der Waals surface area contributed by atoms with Gasteiger partial charge >= 0.3 is 5.97 Å². The maximum atomic E-state index is 12.9. The number of halogens is 1. The molecule has 1 aliphatic carbocycles. The Morgan fingerprint density at radius 1 is 1.31 bits per heavy atom. The van der Waals surface area contributed by atoms with E-state index in [1.54, 1.807) is 0 Å². The molecular formula is C19H24FNO4S. The summed E-state index contributed by atoms with van der Waals surface area (Å²) in [5.74, 6) is -0.553. The topological polar surface area (TPSA) is 72.5 Å². The Balaban J connectivity index is 1.83. The van der Waals surface area contributed by atoms with E-state index in [2.05, 4.69) is 15.5 Å². The smallest absolute Gasteiger partial charge is 0.305 e. The second-order valence-electron chi connectivity index (χ2n) is 6.15. The Labute approximate surface area is 154 Å². The fourth-order valence-electron chi connectivity index (χ4n) is 2.85. The normalized spacial score (nSPS) is 17.5. The van der Waals surface area contributed by atoms with Gasteiger partial charge in [0.05, 0.1) is 12.0 Å². The van der Waals surface area contributed by atoms with Crippen LogP contribution in [0.1, 0.15) is 32.1 Å². The zero-order valence-corrected chi connectivity index (χ0v) is 15.6. The molecule has 0 saturated carbocycles. The van der Waals surface area contributed by atoms with Gasteiger partial charge in [0.1, 0.15) is 5.82 Å². The Hall–Kier alpha value is -1.99. The van der Waals surface area contributed by atoms with Crippen LogP contribution in [0.25, 0.3) is 0 Å². The van der Waals surface area contributed by atoms with Gasteiger partial charge in [-0.25, -0.2) is 17.5 Å². The molecule has 0 radical (unpaired) electrons. The molecule has 0 unspecified atom stereocenters. The van der Waals surface area contributed by atoms with Gasteiger partial charge in [-0.05, 0) is 55.9 Å². The standard InChI is InChI=1S/C19H24FNO4S/c1-25-19(22)9-4-2-3-6-15-7-5-8-16(15)14-21-26(23,24)18-12-10-17(20)11-13-18/h2-3,7,10-13,16,21H,4-6,8-9,14H2,1H3/b3-2-/t16-/m1/s1. The third-order valence-corrected chi connectivity index (χ3v) is 5.79. The van der Waals surface area contributed by atoms with E-state index in [1.165, 1.54) is 24.8 Å². The number of carbonyl (C=O) groups excluding carboxylic acids is 1. The van der Waals surface area contributed by atoms with Crippen LogP contribution in [0.4, 0.5) is 4.39 Å². The average molecular weight is 381 g/mol. The first-order valence-electron chi connectivity index (χ1n) is 8.58. The van der Waals surface area contributed by atoms with Crippen molar-refractivity contribution in [1.82, 2.24) is 4.72 Å². The Bertz CT molecular complexity index is 769. The van der Waals surface area contributed by atoms with E-state index in [9.17, 15) is 17.6 Å². The summed E-state index contributed by atoms with van der Waals surface area (Å²) in [4.78, 5) is 11.1. The van der Waals surface area contributed by atoms with Crippen molar-refractivity contribution in [3.63, 3.8) is 0 Å². The van der Waals surface area contributed by atoms with Crippen molar-refractivity contribution in [3.8, 4) is 0 Å². The van der Waals surface area contributed by atoms with Gasteiger partial charge < -0.3 is 4.74 Å². The summed E-state index contributed by atoms with van der Waals surface area (Å²) in [5.41, 5.74) is 1.20. The minimum atomic E-state index is -3.64. The molecule has 1 atom stereocenters. The van der Waals surface area contributed by atoms with Crippen LogP contribution >= 0.6 is 0 Å². The highest BCUT2D eigenvalue weighted by atomic mass is 32.2. The van der Waals surface area contributed by atoms with Crippen molar-refractivity contribution < 1.29 is 22.3 Å². The molecule has 0 amide bonds. The fourth-order valence-corrected chi connectivity index (χ4v) is 3.93. The van der Waals surface area contributed by atoms with Crippen LogP contribution in [0.3, 0.4) is 0 Å². The van der Waals surface area contributed by atoms with Crippen LogP contribution in [0, 0.1) is 11.7 Å². The molecule has 0 aromatic heterocycles. The number of sulfonamides is 1. The summed E-state index contributed by atoms with van der Waals surface area (Å²) in [6.45, 7) is 0.321. The molecule has 26 heavy (non-hydrogen) atoms. The Morgan fingerprint density at radius 3 is 2.73 bits per heavy atom. The number of esters is 1. The van der Waals surface area contributed by atoms with E-state index in [0.717, 1.165) is 31.4 Å². The van der Waals surface area contributed by atoms with E-state index < -0.39 is 15.8 Å². The number of benzene rings is 1. The van der Waals surface area contributed by atoms with Crippen molar-refractivity contribution >= 4 is 16.0 Å². The average Bonchev–Trinajstić information content (AvgIpc) is 3.07.